The third kappa shape index (κ3) is 4.54. The second-order valence-electron chi connectivity index (χ2n) is 6.63. The fourth-order valence-corrected chi connectivity index (χ4v) is 4.39. The van der Waals surface area contributed by atoms with Gasteiger partial charge in [0.2, 0.25) is 0 Å². The standard InChI is InChI=1S/C21H25N3O2S2/c1-5-24(6-2)17-9-12-19(15(3)13-17)22-21-23-20(14-27-21)16-7-10-18(11-8-16)28(4,25)26/h7-14H,5-6H2,1-4H3,(H,22,23). The van der Waals surface area contributed by atoms with Gasteiger partial charge in [-0.15, -0.1) is 11.3 Å². The Morgan fingerprint density at radius 1 is 1.07 bits per heavy atom. The molecule has 0 spiro atoms. The second-order valence-corrected chi connectivity index (χ2v) is 9.50. The van der Waals surface area contributed by atoms with E-state index in [9.17, 15) is 8.42 Å². The molecule has 3 rings (SSSR count). The number of thiazole rings is 1. The van der Waals surface area contributed by atoms with E-state index in [-0.39, 0.29) is 0 Å². The Kier molecular flexibility index (Phi) is 6.05. The molecule has 0 atom stereocenters. The van der Waals surface area contributed by atoms with Crippen molar-refractivity contribution in [3.63, 3.8) is 0 Å². The van der Waals surface area contributed by atoms with Crippen molar-refractivity contribution in [3.8, 4) is 11.3 Å². The molecule has 1 heterocycles. The molecule has 2 aromatic carbocycles. The van der Waals surface area contributed by atoms with E-state index < -0.39 is 9.84 Å². The van der Waals surface area contributed by atoms with Crippen molar-refractivity contribution in [1.82, 2.24) is 4.98 Å². The number of nitrogens with one attached hydrogen (secondary N) is 1. The molecule has 0 saturated heterocycles. The molecule has 0 fully saturated rings. The molecule has 0 aliphatic carbocycles. The normalized spacial score (nSPS) is 11.4. The van der Waals surface area contributed by atoms with Crippen LogP contribution in [0.5, 0.6) is 0 Å². The summed E-state index contributed by atoms with van der Waals surface area (Å²) in [6, 6.07) is 13.2. The van der Waals surface area contributed by atoms with Crippen LogP contribution in [0, 0.1) is 6.92 Å². The van der Waals surface area contributed by atoms with Crippen molar-refractivity contribution in [1.29, 1.82) is 0 Å². The summed E-state index contributed by atoms with van der Waals surface area (Å²) >= 11 is 1.53. The topological polar surface area (TPSA) is 62.3 Å². The van der Waals surface area contributed by atoms with Crippen LogP contribution in [0.25, 0.3) is 11.3 Å². The van der Waals surface area contributed by atoms with E-state index in [1.165, 1.54) is 28.8 Å². The number of nitrogens with zero attached hydrogens (tertiary/aromatic N) is 2. The van der Waals surface area contributed by atoms with Gasteiger partial charge in [-0.1, -0.05) is 12.1 Å². The molecule has 28 heavy (non-hydrogen) atoms. The summed E-state index contributed by atoms with van der Waals surface area (Å²) in [5.74, 6) is 0. The number of hydrogen-bond acceptors (Lipinski definition) is 6. The van der Waals surface area contributed by atoms with Crippen LogP contribution in [0.15, 0.2) is 52.7 Å². The van der Waals surface area contributed by atoms with E-state index in [2.05, 4.69) is 54.2 Å². The molecule has 5 nitrogen and oxygen atoms in total. The minimum absolute atomic E-state index is 0.314. The van der Waals surface area contributed by atoms with Gasteiger partial charge < -0.3 is 10.2 Å². The molecule has 0 aliphatic rings. The zero-order chi connectivity index (χ0) is 20.3. The largest absolute Gasteiger partial charge is 0.372 e. The van der Waals surface area contributed by atoms with E-state index in [0.717, 1.165) is 35.2 Å². The molecule has 148 valence electrons. The summed E-state index contributed by atoms with van der Waals surface area (Å²) in [6.45, 7) is 8.37. The van der Waals surface area contributed by atoms with Crippen LogP contribution in [0.2, 0.25) is 0 Å². The number of hydrogen-bond donors (Lipinski definition) is 1. The van der Waals surface area contributed by atoms with E-state index in [1.54, 1.807) is 24.3 Å². The molecule has 0 amide bonds. The van der Waals surface area contributed by atoms with Gasteiger partial charge in [-0.05, 0) is 56.7 Å². The van der Waals surface area contributed by atoms with Crippen molar-refractivity contribution >= 4 is 37.7 Å². The minimum Gasteiger partial charge on any atom is -0.372 e. The van der Waals surface area contributed by atoms with Crippen LogP contribution >= 0.6 is 11.3 Å². The lowest BCUT2D eigenvalue weighted by Gasteiger charge is -2.22. The van der Waals surface area contributed by atoms with Crippen LogP contribution in [-0.4, -0.2) is 32.7 Å². The summed E-state index contributed by atoms with van der Waals surface area (Å²) in [5.41, 5.74) is 5.14. The van der Waals surface area contributed by atoms with Gasteiger partial charge in [-0.3, -0.25) is 0 Å². The van der Waals surface area contributed by atoms with Gasteiger partial charge in [-0.2, -0.15) is 0 Å². The second kappa shape index (κ2) is 8.32. The summed E-state index contributed by atoms with van der Waals surface area (Å²) in [4.78, 5) is 7.28. The molecule has 0 unspecified atom stereocenters. The molecule has 1 N–H and O–H groups in total. The molecular weight excluding hydrogens is 390 g/mol. The summed E-state index contributed by atoms with van der Waals surface area (Å²) in [5, 5.41) is 6.17. The maximum atomic E-state index is 11.6. The maximum Gasteiger partial charge on any atom is 0.187 e. The Balaban J connectivity index is 1.78. The fourth-order valence-electron chi connectivity index (χ4n) is 3.03. The van der Waals surface area contributed by atoms with Gasteiger partial charge in [0, 0.05) is 41.7 Å². The average Bonchev–Trinajstić information content (AvgIpc) is 3.13. The highest BCUT2D eigenvalue weighted by molar-refractivity contribution is 7.90. The van der Waals surface area contributed by atoms with Gasteiger partial charge in [0.1, 0.15) is 0 Å². The first-order valence-electron chi connectivity index (χ1n) is 9.20. The predicted molar refractivity (Wildman–Crippen MR) is 119 cm³/mol. The van der Waals surface area contributed by atoms with Crippen molar-refractivity contribution in [3.05, 3.63) is 53.4 Å². The number of benzene rings is 2. The molecule has 0 saturated carbocycles. The predicted octanol–water partition coefficient (Wildman–Crippen LogP) is 5.11. The number of rotatable bonds is 7. The van der Waals surface area contributed by atoms with Crippen molar-refractivity contribution in [2.45, 2.75) is 25.7 Å². The summed E-state index contributed by atoms with van der Waals surface area (Å²) < 4.78 is 23.2. The first kappa shape index (κ1) is 20.4. The molecule has 0 aliphatic heterocycles. The Bertz CT molecular complexity index is 1050. The fraction of sp³-hybridized carbons (Fsp3) is 0.286. The van der Waals surface area contributed by atoms with Crippen molar-refractivity contribution in [2.75, 3.05) is 29.6 Å². The highest BCUT2D eigenvalue weighted by atomic mass is 32.2. The highest BCUT2D eigenvalue weighted by Gasteiger charge is 2.10. The summed E-state index contributed by atoms with van der Waals surface area (Å²) in [7, 11) is -3.19. The summed E-state index contributed by atoms with van der Waals surface area (Å²) in [6.07, 6.45) is 1.21. The third-order valence-electron chi connectivity index (χ3n) is 4.66. The van der Waals surface area contributed by atoms with Gasteiger partial charge >= 0.3 is 0 Å². The zero-order valence-electron chi connectivity index (χ0n) is 16.6. The van der Waals surface area contributed by atoms with Gasteiger partial charge in [0.05, 0.1) is 10.6 Å². The van der Waals surface area contributed by atoms with Gasteiger partial charge in [-0.25, -0.2) is 13.4 Å². The molecule has 3 aromatic rings. The lowest BCUT2D eigenvalue weighted by atomic mass is 10.1. The quantitative estimate of drug-likeness (QED) is 0.581. The maximum absolute atomic E-state index is 11.6. The number of aryl methyl sites for hydroxylation is 1. The molecule has 7 heteroatoms. The Morgan fingerprint density at radius 2 is 1.75 bits per heavy atom. The minimum atomic E-state index is -3.19. The van der Waals surface area contributed by atoms with E-state index in [1.807, 2.05) is 5.38 Å². The van der Waals surface area contributed by atoms with Crippen LogP contribution in [0.1, 0.15) is 19.4 Å². The van der Waals surface area contributed by atoms with Crippen LogP contribution < -0.4 is 10.2 Å². The third-order valence-corrected chi connectivity index (χ3v) is 6.55. The Labute approximate surface area is 171 Å². The van der Waals surface area contributed by atoms with Crippen molar-refractivity contribution < 1.29 is 8.42 Å². The SMILES string of the molecule is CCN(CC)c1ccc(Nc2nc(-c3ccc(S(C)(=O)=O)cc3)cs2)c(C)c1. The Hall–Kier alpha value is -2.38. The molecule has 0 radical (unpaired) electrons. The lowest BCUT2D eigenvalue weighted by Crippen LogP contribution is -2.21. The number of anilines is 3. The van der Waals surface area contributed by atoms with Crippen molar-refractivity contribution in [2.24, 2.45) is 0 Å². The average molecular weight is 416 g/mol. The molecular formula is C21H25N3O2S2. The molecule has 1 aromatic heterocycles. The smallest absolute Gasteiger partial charge is 0.187 e. The highest BCUT2D eigenvalue weighted by Crippen LogP contribution is 2.30. The van der Waals surface area contributed by atoms with Crippen LogP contribution in [0.3, 0.4) is 0 Å². The van der Waals surface area contributed by atoms with Crippen LogP contribution in [0.4, 0.5) is 16.5 Å². The lowest BCUT2D eigenvalue weighted by molar-refractivity contribution is 0.602. The monoisotopic (exact) mass is 415 g/mol. The number of aromatic nitrogens is 1. The van der Waals surface area contributed by atoms with Crippen LogP contribution in [-0.2, 0) is 9.84 Å². The van der Waals surface area contributed by atoms with E-state index in [0.29, 0.717) is 4.90 Å². The zero-order valence-corrected chi connectivity index (χ0v) is 18.2. The van der Waals surface area contributed by atoms with Gasteiger partial charge in [0.15, 0.2) is 15.0 Å². The van der Waals surface area contributed by atoms with E-state index >= 15 is 0 Å². The van der Waals surface area contributed by atoms with Gasteiger partial charge in [0.25, 0.3) is 0 Å². The molecule has 0 bridgehead atoms. The first-order valence-corrected chi connectivity index (χ1v) is 12.0. The van der Waals surface area contributed by atoms with E-state index in [4.69, 9.17) is 0 Å². The number of sulfone groups is 1. The first-order chi connectivity index (χ1) is 13.3. The Morgan fingerprint density at radius 3 is 2.32 bits per heavy atom.